The van der Waals surface area contributed by atoms with E-state index < -0.39 is 6.10 Å². The van der Waals surface area contributed by atoms with E-state index in [-0.39, 0.29) is 19.1 Å². The zero-order valence-electron chi connectivity index (χ0n) is 13.6. The maximum atomic E-state index is 11.4. The van der Waals surface area contributed by atoms with Crippen molar-refractivity contribution in [1.82, 2.24) is 0 Å². The molecule has 0 amide bonds. The maximum absolute atomic E-state index is 11.4. The number of nitrogens with zero attached hydrogens (tertiary/aromatic N) is 1. The highest BCUT2D eigenvalue weighted by atomic mass is 16.5. The van der Waals surface area contributed by atoms with Gasteiger partial charge in [-0.1, -0.05) is 17.0 Å². The van der Waals surface area contributed by atoms with Gasteiger partial charge in [-0.05, 0) is 48.5 Å². The summed E-state index contributed by atoms with van der Waals surface area (Å²) in [4.78, 5) is 21.4. The summed E-state index contributed by atoms with van der Waals surface area (Å²) in [7, 11) is 1.34. The van der Waals surface area contributed by atoms with Crippen LogP contribution in [0.15, 0.2) is 53.7 Å². The molecule has 0 aliphatic carbocycles. The number of carbonyl (C=O) groups excluding carboxylic acids is 1. The van der Waals surface area contributed by atoms with E-state index in [1.54, 1.807) is 48.5 Å². The Morgan fingerprint density at radius 1 is 1.08 bits per heavy atom. The summed E-state index contributed by atoms with van der Waals surface area (Å²) < 4.78 is 9.99. The normalized spacial score (nSPS) is 11.0. The molecule has 1 unspecified atom stereocenters. The molecule has 0 radical (unpaired) electrons. The number of methoxy groups -OCH3 is 1. The molecule has 1 atom stereocenters. The summed E-state index contributed by atoms with van der Waals surface area (Å²) in [5.74, 6) is 6.19. The lowest BCUT2D eigenvalue weighted by molar-refractivity contribution is 0.0600. The zero-order chi connectivity index (χ0) is 18.1. The number of nitroso groups, excluding NO2 is 1. The van der Waals surface area contributed by atoms with Crippen LogP contribution in [0.4, 0.5) is 0 Å². The summed E-state index contributed by atoms with van der Waals surface area (Å²) in [5.41, 5.74) is 2.04. The average molecular weight is 339 g/mol. The molecule has 0 aliphatic rings. The van der Waals surface area contributed by atoms with Crippen LogP contribution in [0.1, 0.15) is 21.5 Å². The largest absolute Gasteiger partial charge is 0.491 e. The molecule has 2 aromatic carbocycles. The third kappa shape index (κ3) is 5.75. The Hall–Kier alpha value is -3.17. The molecular formula is C19H17NO5. The lowest BCUT2D eigenvalue weighted by Gasteiger charge is -2.09. The minimum Gasteiger partial charge on any atom is -0.491 e. The molecule has 0 aliphatic heterocycles. The number of esters is 1. The first-order valence-corrected chi connectivity index (χ1v) is 7.53. The Balaban J connectivity index is 1.96. The molecular weight excluding hydrogens is 322 g/mol. The fourth-order valence-corrected chi connectivity index (χ4v) is 1.92. The second-order valence-corrected chi connectivity index (χ2v) is 5.12. The fourth-order valence-electron chi connectivity index (χ4n) is 1.92. The molecule has 0 fully saturated rings. The Bertz CT molecular complexity index is 772. The molecule has 25 heavy (non-hydrogen) atoms. The van der Waals surface area contributed by atoms with E-state index in [0.29, 0.717) is 11.3 Å². The van der Waals surface area contributed by atoms with Crippen molar-refractivity contribution >= 4 is 5.97 Å². The van der Waals surface area contributed by atoms with E-state index in [0.717, 1.165) is 11.1 Å². The molecule has 0 aromatic heterocycles. The highest BCUT2D eigenvalue weighted by molar-refractivity contribution is 5.89. The number of benzene rings is 2. The molecule has 0 saturated heterocycles. The summed E-state index contributed by atoms with van der Waals surface area (Å²) in [5, 5.41) is 12.0. The van der Waals surface area contributed by atoms with Gasteiger partial charge >= 0.3 is 5.97 Å². The number of ether oxygens (including phenoxy) is 2. The van der Waals surface area contributed by atoms with Crippen LogP contribution >= 0.6 is 0 Å². The smallest absolute Gasteiger partial charge is 0.337 e. The number of hydrogen-bond donors (Lipinski definition) is 1. The van der Waals surface area contributed by atoms with Gasteiger partial charge in [-0.2, -0.15) is 4.91 Å². The van der Waals surface area contributed by atoms with Gasteiger partial charge in [-0.25, -0.2) is 4.79 Å². The van der Waals surface area contributed by atoms with E-state index in [9.17, 15) is 14.8 Å². The Kier molecular flexibility index (Phi) is 6.69. The molecule has 2 rings (SSSR count). The number of aliphatic hydroxyl groups excluding tert-OH is 1. The van der Waals surface area contributed by atoms with E-state index in [2.05, 4.69) is 21.8 Å². The molecule has 6 nitrogen and oxygen atoms in total. The van der Waals surface area contributed by atoms with E-state index >= 15 is 0 Å². The zero-order valence-corrected chi connectivity index (χ0v) is 13.6. The lowest BCUT2D eigenvalue weighted by Crippen LogP contribution is -2.20. The molecule has 0 saturated carbocycles. The maximum Gasteiger partial charge on any atom is 0.337 e. The van der Waals surface area contributed by atoms with Crippen molar-refractivity contribution in [3.63, 3.8) is 0 Å². The van der Waals surface area contributed by atoms with Gasteiger partial charge in [0.15, 0.2) is 0 Å². The van der Waals surface area contributed by atoms with Crippen LogP contribution in [-0.2, 0) is 4.74 Å². The Morgan fingerprint density at radius 2 is 1.64 bits per heavy atom. The first kappa shape index (κ1) is 18.2. The van der Waals surface area contributed by atoms with E-state index in [4.69, 9.17) is 4.74 Å². The van der Waals surface area contributed by atoms with Crippen molar-refractivity contribution in [2.45, 2.75) is 6.10 Å². The van der Waals surface area contributed by atoms with Crippen LogP contribution < -0.4 is 4.74 Å². The number of hydrogen-bond acceptors (Lipinski definition) is 6. The molecule has 0 heterocycles. The minimum atomic E-state index is -0.912. The van der Waals surface area contributed by atoms with Crippen LogP contribution in [0.25, 0.3) is 0 Å². The third-order valence-corrected chi connectivity index (χ3v) is 3.24. The summed E-state index contributed by atoms with van der Waals surface area (Å²) in [6.07, 6.45) is -0.912. The van der Waals surface area contributed by atoms with Gasteiger partial charge in [-0.15, -0.1) is 0 Å². The SMILES string of the molecule is COC(=O)c1ccc(C#Cc2ccc(OCC(O)CN=O)cc2)cc1. The molecule has 0 spiro atoms. The minimum absolute atomic E-state index is 0.00328. The molecule has 6 heteroatoms. The highest BCUT2D eigenvalue weighted by Crippen LogP contribution is 2.12. The van der Waals surface area contributed by atoms with Gasteiger partial charge in [0.1, 0.15) is 25.0 Å². The van der Waals surface area contributed by atoms with E-state index in [1.165, 1.54) is 7.11 Å². The molecule has 2 aromatic rings. The third-order valence-electron chi connectivity index (χ3n) is 3.24. The van der Waals surface area contributed by atoms with Crippen molar-refractivity contribution in [2.75, 3.05) is 20.3 Å². The molecule has 128 valence electrons. The second kappa shape index (κ2) is 9.21. The monoisotopic (exact) mass is 339 g/mol. The van der Waals surface area contributed by atoms with E-state index in [1.807, 2.05) is 0 Å². The fraction of sp³-hybridized carbons (Fsp3) is 0.211. The van der Waals surface area contributed by atoms with Crippen molar-refractivity contribution in [3.8, 4) is 17.6 Å². The predicted octanol–water partition coefficient (Wildman–Crippen LogP) is 2.38. The van der Waals surface area contributed by atoms with Crippen molar-refractivity contribution in [2.24, 2.45) is 5.18 Å². The van der Waals surface area contributed by atoms with Crippen LogP contribution in [0.3, 0.4) is 0 Å². The van der Waals surface area contributed by atoms with Gasteiger partial charge in [0.25, 0.3) is 0 Å². The number of aliphatic hydroxyl groups is 1. The quantitative estimate of drug-likeness (QED) is 0.496. The first-order valence-electron chi connectivity index (χ1n) is 7.53. The lowest BCUT2D eigenvalue weighted by atomic mass is 10.1. The highest BCUT2D eigenvalue weighted by Gasteiger charge is 2.05. The first-order chi connectivity index (χ1) is 12.1. The summed E-state index contributed by atoms with van der Waals surface area (Å²) in [6, 6.07) is 13.8. The van der Waals surface area contributed by atoms with Crippen LogP contribution in [0.2, 0.25) is 0 Å². The summed E-state index contributed by atoms with van der Waals surface area (Å²) >= 11 is 0. The summed E-state index contributed by atoms with van der Waals surface area (Å²) in [6.45, 7) is -0.193. The van der Waals surface area contributed by atoms with Crippen molar-refractivity contribution in [1.29, 1.82) is 0 Å². The standard InChI is InChI=1S/C19H17NO5/c1-24-19(22)16-8-4-14(5-9-16)2-3-15-6-10-18(11-7-15)25-13-17(21)12-20-23/h4-11,17,21H,12-13H2,1H3. The number of rotatable bonds is 6. The molecule has 1 N–H and O–H groups in total. The second-order valence-electron chi connectivity index (χ2n) is 5.12. The van der Waals surface area contributed by atoms with Gasteiger partial charge < -0.3 is 14.6 Å². The van der Waals surface area contributed by atoms with Gasteiger partial charge in [0.2, 0.25) is 0 Å². The predicted molar refractivity (Wildman–Crippen MR) is 92.4 cm³/mol. The van der Waals surface area contributed by atoms with Crippen LogP contribution in [0, 0.1) is 16.7 Å². The topological polar surface area (TPSA) is 85.2 Å². The van der Waals surface area contributed by atoms with Crippen LogP contribution in [0.5, 0.6) is 5.75 Å². The average Bonchev–Trinajstić information content (AvgIpc) is 2.65. The molecule has 0 bridgehead atoms. The Morgan fingerprint density at radius 3 is 2.16 bits per heavy atom. The van der Waals surface area contributed by atoms with Gasteiger partial charge in [0.05, 0.1) is 12.7 Å². The van der Waals surface area contributed by atoms with Crippen LogP contribution in [-0.4, -0.2) is 37.4 Å². The Labute approximate surface area is 145 Å². The number of carbonyl (C=O) groups is 1. The van der Waals surface area contributed by atoms with Crippen molar-refractivity contribution < 1.29 is 19.4 Å². The van der Waals surface area contributed by atoms with Crippen molar-refractivity contribution in [3.05, 3.63) is 70.1 Å². The van der Waals surface area contributed by atoms with Gasteiger partial charge in [0, 0.05) is 11.1 Å². The van der Waals surface area contributed by atoms with Gasteiger partial charge in [-0.3, -0.25) is 0 Å².